The van der Waals surface area contributed by atoms with Gasteiger partial charge < -0.3 is 15.1 Å². The molecule has 5 nitrogen and oxygen atoms in total. The third-order valence-corrected chi connectivity index (χ3v) is 5.35. The number of carbonyl (C=O) groups excluding carboxylic acids is 2. The number of hydrogen-bond donors (Lipinski definition) is 1. The lowest BCUT2D eigenvalue weighted by atomic mass is 9.80. The highest BCUT2D eigenvalue weighted by Crippen LogP contribution is 2.31. The van der Waals surface area contributed by atoms with Gasteiger partial charge in [-0.05, 0) is 50.9 Å². The van der Waals surface area contributed by atoms with E-state index in [1.54, 1.807) is 12.1 Å². The first kappa shape index (κ1) is 17.9. The van der Waals surface area contributed by atoms with Crippen LogP contribution in [0.1, 0.15) is 25.7 Å². The van der Waals surface area contributed by atoms with Crippen molar-refractivity contribution in [3.8, 4) is 0 Å². The first-order valence-electron chi connectivity index (χ1n) is 9.06. The van der Waals surface area contributed by atoms with Crippen LogP contribution in [0.25, 0.3) is 0 Å². The van der Waals surface area contributed by atoms with E-state index in [0.29, 0.717) is 18.5 Å². The van der Waals surface area contributed by atoms with Gasteiger partial charge in [0.1, 0.15) is 5.82 Å². The summed E-state index contributed by atoms with van der Waals surface area (Å²) in [5.41, 5.74) is 0.487. The van der Waals surface area contributed by atoms with Gasteiger partial charge in [0.05, 0.1) is 0 Å². The molecule has 1 aromatic rings. The molecular formula is C19H26FN3O2. The molecular weight excluding hydrogens is 321 g/mol. The van der Waals surface area contributed by atoms with E-state index in [1.807, 2.05) is 4.90 Å². The van der Waals surface area contributed by atoms with Gasteiger partial charge in [-0.25, -0.2) is 4.39 Å². The predicted molar refractivity (Wildman–Crippen MR) is 94.6 cm³/mol. The first-order valence-corrected chi connectivity index (χ1v) is 9.06. The fourth-order valence-electron chi connectivity index (χ4n) is 3.70. The zero-order chi connectivity index (χ0) is 17.8. The van der Waals surface area contributed by atoms with Gasteiger partial charge in [0, 0.05) is 43.7 Å². The molecule has 3 rings (SSSR count). The minimum absolute atomic E-state index is 0.0432. The summed E-state index contributed by atoms with van der Waals surface area (Å²) in [6.07, 6.45) is 2.94. The maximum Gasteiger partial charge on any atom is 0.227 e. The van der Waals surface area contributed by atoms with E-state index in [9.17, 15) is 14.0 Å². The van der Waals surface area contributed by atoms with E-state index < -0.39 is 0 Å². The first-order chi connectivity index (χ1) is 12.0. The van der Waals surface area contributed by atoms with Crippen LogP contribution in [0.4, 0.5) is 10.1 Å². The lowest BCUT2D eigenvalue weighted by Gasteiger charge is -2.36. The molecule has 25 heavy (non-hydrogen) atoms. The molecule has 0 bridgehead atoms. The van der Waals surface area contributed by atoms with Gasteiger partial charge >= 0.3 is 0 Å². The molecule has 0 atom stereocenters. The molecule has 1 aliphatic heterocycles. The average Bonchev–Trinajstić information content (AvgIpc) is 2.62. The fourth-order valence-corrected chi connectivity index (χ4v) is 3.70. The lowest BCUT2D eigenvalue weighted by molar-refractivity contribution is -0.139. The summed E-state index contributed by atoms with van der Waals surface area (Å²) in [5, 5.41) is 2.78. The van der Waals surface area contributed by atoms with E-state index in [1.165, 1.54) is 12.1 Å². The molecule has 1 N–H and O–H groups in total. The van der Waals surface area contributed by atoms with Crippen molar-refractivity contribution in [1.82, 2.24) is 9.80 Å². The summed E-state index contributed by atoms with van der Waals surface area (Å²) in [7, 11) is 2.07. The Labute approximate surface area is 148 Å². The normalized spacial score (nSPS) is 24.8. The van der Waals surface area contributed by atoms with Crippen molar-refractivity contribution < 1.29 is 14.0 Å². The van der Waals surface area contributed by atoms with Crippen LogP contribution in [-0.4, -0.2) is 54.8 Å². The maximum absolute atomic E-state index is 13.2. The van der Waals surface area contributed by atoms with Gasteiger partial charge in [0.2, 0.25) is 11.8 Å². The number of likely N-dealkylation sites (N-methyl/N-ethyl adjacent to an activating group) is 1. The van der Waals surface area contributed by atoms with Crippen molar-refractivity contribution in [3.05, 3.63) is 30.1 Å². The number of nitrogens with one attached hydrogen (secondary N) is 1. The van der Waals surface area contributed by atoms with E-state index in [0.717, 1.165) is 39.0 Å². The highest BCUT2D eigenvalue weighted by Gasteiger charge is 2.32. The molecule has 1 heterocycles. The summed E-state index contributed by atoms with van der Waals surface area (Å²) in [4.78, 5) is 29.2. The van der Waals surface area contributed by atoms with E-state index in [2.05, 4.69) is 17.3 Å². The largest absolute Gasteiger partial charge is 0.340 e. The Hall–Kier alpha value is -1.95. The van der Waals surface area contributed by atoms with Crippen molar-refractivity contribution in [2.24, 2.45) is 11.8 Å². The summed E-state index contributed by atoms with van der Waals surface area (Å²) in [6.45, 7) is 3.46. The topological polar surface area (TPSA) is 52.7 Å². The Kier molecular flexibility index (Phi) is 5.68. The van der Waals surface area contributed by atoms with Crippen LogP contribution in [0.15, 0.2) is 24.3 Å². The Morgan fingerprint density at radius 1 is 1.04 bits per heavy atom. The molecule has 1 aromatic carbocycles. The zero-order valence-electron chi connectivity index (χ0n) is 14.7. The Bertz CT molecular complexity index is 621. The second-order valence-corrected chi connectivity index (χ2v) is 7.18. The predicted octanol–water partition coefficient (Wildman–Crippen LogP) is 2.34. The van der Waals surface area contributed by atoms with Crippen molar-refractivity contribution >= 4 is 17.5 Å². The van der Waals surface area contributed by atoms with Crippen LogP contribution in [-0.2, 0) is 9.59 Å². The maximum atomic E-state index is 13.2. The molecule has 2 amide bonds. The smallest absolute Gasteiger partial charge is 0.227 e. The number of amides is 2. The highest BCUT2D eigenvalue weighted by atomic mass is 19.1. The Morgan fingerprint density at radius 3 is 2.32 bits per heavy atom. The van der Waals surface area contributed by atoms with Gasteiger partial charge in [-0.15, -0.1) is 0 Å². The molecule has 1 saturated carbocycles. The Morgan fingerprint density at radius 2 is 1.68 bits per heavy atom. The third kappa shape index (κ3) is 4.57. The number of carbonyl (C=O) groups is 2. The quantitative estimate of drug-likeness (QED) is 0.913. The van der Waals surface area contributed by atoms with Crippen molar-refractivity contribution in [2.75, 3.05) is 38.5 Å². The van der Waals surface area contributed by atoms with Gasteiger partial charge in [0.25, 0.3) is 0 Å². The number of piperazine rings is 1. The molecule has 1 saturated heterocycles. The monoisotopic (exact) mass is 347 g/mol. The van der Waals surface area contributed by atoms with Crippen LogP contribution in [0.3, 0.4) is 0 Å². The summed E-state index contributed by atoms with van der Waals surface area (Å²) in [6, 6.07) is 5.94. The molecule has 6 heteroatoms. The zero-order valence-corrected chi connectivity index (χ0v) is 14.7. The SMILES string of the molecule is CN1CCN(C(=O)C2CCC(C(=O)Nc3cccc(F)c3)CC2)CC1. The molecule has 2 aliphatic rings. The summed E-state index contributed by atoms with van der Waals surface area (Å²) < 4.78 is 13.2. The van der Waals surface area contributed by atoms with Gasteiger partial charge in [-0.3, -0.25) is 9.59 Å². The second kappa shape index (κ2) is 7.95. The van der Waals surface area contributed by atoms with Crippen LogP contribution < -0.4 is 5.32 Å². The third-order valence-electron chi connectivity index (χ3n) is 5.35. The number of benzene rings is 1. The number of rotatable bonds is 3. The molecule has 136 valence electrons. The molecule has 1 aliphatic carbocycles. The molecule has 2 fully saturated rings. The average molecular weight is 347 g/mol. The van der Waals surface area contributed by atoms with Crippen molar-refractivity contribution in [2.45, 2.75) is 25.7 Å². The van der Waals surface area contributed by atoms with E-state index in [-0.39, 0.29) is 29.5 Å². The molecule has 0 radical (unpaired) electrons. The second-order valence-electron chi connectivity index (χ2n) is 7.18. The van der Waals surface area contributed by atoms with Gasteiger partial charge in [-0.2, -0.15) is 0 Å². The van der Waals surface area contributed by atoms with E-state index >= 15 is 0 Å². The minimum atomic E-state index is -0.362. The molecule has 0 aromatic heterocycles. The van der Waals surface area contributed by atoms with Crippen LogP contribution in [0.2, 0.25) is 0 Å². The van der Waals surface area contributed by atoms with Crippen molar-refractivity contribution in [1.29, 1.82) is 0 Å². The number of nitrogens with zero attached hydrogens (tertiary/aromatic N) is 2. The van der Waals surface area contributed by atoms with Crippen LogP contribution in [0.5, 0.6) is 0 Å². The number of halogens is 1. The lowest BCUT2D eigenvalue weighted by Crippen LogP contribution is -2.49. The van der Waals surface area contributed by atoms with Crippen molar-refractivity contribution in [3.63, 3.8) is 0 Å². The molecule has 0 spiro atoms. The van der Waals surface area contributed by atoms with E-state index in [4.69, 9.17) is 0 Å². The van der Waals surface area contributed by atoms with Gasteiger partial charge in [0.15, 0.2) is 0 Å². The number of anilines is 1. The standard InChI is InChI=1S/C19H26FN3O2/c1-22-9-11-23(12-10-22)19(25)15-7-5-14(6-8-15)18(24)21-17-4-2-3-16(20)13-17/h2-4,13-15H,5-12H2,1H3,(H,21,24). The van der Waals surface area contributed by atoms with Crippen LogP contribution >= 0.6 is 0 Å². The Balaban J connectivity index is 1.48. The molecule has 0 unspecified atom stereocenters. The van der Waals surface area contributed by atoms with Gasteiger partial charge in [-0.1, -0.05) is 6.07 Å². The summed E-state index contributed by atoms with van der Waals surface area (Å²) >= 11 is 0. The fraction of sp³-hybridized carbons (Fsp3) is 0.579. The number of hydrogen-bond acceptors (Lipinski definition) is 3. The van der Waals surface area contributed by atoms with Crippen LogP contribution in [0, 0.1) is 17.7 Å². The minimum Gasteiger partial charge on any atom is -0.340 e. The highest BCUT2D eigenvalue weighted by molar-refractivity contribution is 5.92. The summed E-state index contributed by atoms with van der Waals surface area (Å²) in [5.74, 6) is -0.242.